The van der Waals surface area contributed by atoms with E-state index in [2.05, 4.69) is 10.6 Å². The minimum atomic E-state index is -0.235. The molecule has 0 atom stereocenters. The number of anilines is 1. The molecule has 0 unspecified atom stereocenters. The van der Waals surface area contributed by atoms with Crippen molar-refractivity contribution < 1.29 is 14.3 Å². The van der Waals surface area contributed by atoms with Gasteiger partial charge in [0.05, 0.1) is 17.7 Å². The predicted molar refractivity (Wildman–Crippen MR) is 125 cm³/mol. The third-order valence-electron chi connectivity index (χ3n) is 4.74. The lowest BCUT2D eigenvalue weighted by Gasteiger charge is -2.19. The van der Waals surface area contributed by atoms with Crippen LogP contribution in [0, 0.1) is 0 Å². The highest BCUT2D eigenvalue weighted by Gasteiger charge is 2.22. The second kappa shape index (κ2) is 9.29. The second-order valence-electron chi connectivity index (χ2n) is 6.82. The summed E-state index contributed by atoms with van der Waals surface area (Å²) in [6, 6.07) is 20.1. The van der Waals surface area contributed by atoms with Crippen LogP contribution in [-0.4, -0.2) is 18.9 Å². The number of halogens is 1. The first kappa shape index (κ1) is 21.0. The summed E-state index contributed by atoms with van der Waals surface area (Å²) in [5.41, 5.74) is 2.83. The molecule has 7 heteroatoms. The quantitative estimate of drug-likeness (QED) is 0.513. The summed E-state index contributed by atoms with van der Waals surface area (Å²) in [6.45, 7) is 0.325. The molecule has 3 aromatic rings. The highest BCUT2D eigenvalue weighted by Crippen LogP contribution is 2.39. The molecule has 1 heterocycles. The predicted octanol–water partition coefficient (Wildman–Crippen LogP) is 5.36. The molecule has 156 valence electrons. The number of thioether (sulfide) groups is 1. The summed E-state index contributed by atoms with van der Waals surface area (Å²) >= 11 is 7.51. The second-order valence-corrected chi connectivity index (χ2v) is 8.31. The van der Waals surface area contributed by atoms with Gasteiger partial charge in [-0.1, -0.05) is 53.7 Å². The van der Waals surface area contributed by atoms with Crippen molar-refractivity contribution in [2.45, 2.75) is 11.4 Å². The summed E-state index contributed by atoms with van der Waals surface area (Å²) in [7, 11) is 1.61. The van der Waals surface area contributed by atoms with Gasteiger partial charge in [-0.05, 0) is 53.6 Å². The number of fused-ring (bicyclic) bond motifs is 1. The van der Waals surface area contributed by atoms with E-state index < -0.39 is 0 Å². The number of hydrogen-bond donors (Lipinski definition) is 2. The van der Waals surface area contributed by atoms with Crippen LogP contribution in [-0.2, 0) is 11.3 Å². The molecule has 1 aliphatic heterocycles. The molecule has 0 radical (unpaired) electrons. The summed E-state index contributed by atoms with van der Waals surface area (Å²) in [4.78, 5) is 26.6. The molecule has 0 aromatic heterocycles. The first-order valence-corrected chi connectivity index (χ1v) is 10.7. The van der Waals surface area contributed by atoms with Crippen molar-refractivity contribution in [1.29, 1.82) is 0 Å². The summed E-state index contributed by atoms with van der Waals surface area (Å²) < 4.78 is 5.16. The highest BCUT2D eigenvalue weighted by atomic mass is 35.5. The zero-order valence-electron chi connectivity index (χ0n) is 16.6. The molecule has 0 spiro atoms. The number of carbonyl (C=O) groups excluding carboxylic acids is 2. The number of benzene rings is 3. The van der Waals surface area contributed by atoms with Gasteiger partial charge in [-0.2, -0.15) is 0 Å². The fraction of sp³-hybridized carbons (Fsp3) is 0.0833. The molecule has 0 aliphatic carbocycles. The smallest absolute Gasteiger partial charge is 0.262 e. The maximum atomic E-state index is 12.6. The molecule has 4 rings (SSSR count). The normalized spacial score (nSPS) is 14.0. The van der Waals surface area contributed by atoms with E-state index in [-0.39, 0.29) is 11.8 Å². The summed E-state index contributed by atoms with van der Waals surface area (Å²) in [6.07, 6.45) is 1.83. The van der Waals surface area contributed by atoms with Gasteiger partial charge in [-0.3, -0.25) is 9.59 Å². The number of nitrogens with one attached hydrogen (secondary N) is 2. The van der Waals surface area contributed by atoms with Crippen LogP contribution in [0.25, 0.3) is 6.08 Å². The van der Waals surface area contributed by atoms with Gasteiger partial charge in [-0.25, -0.2) is 0 Å². The van der Waals surface area contributed by atoms with Gasteiger partial charge >= 0.3 is 0 Å². The maximum absolute atomic E-state index is 12.6. The van der Waals surface area contributed by atoms with E-state index in [9.17, 15) is 9.59 Å². The molecule has 31 heavy (non-hydrogen) atoms. The number of methoxy groups -OCH3 is 1. The lowest BCUT2D eigenvalue weighted by Crippen LogP contribution is -2.24. The van der Waals surface area contributed by atoms with E-state index in [0.29, 0.717) is 27.7 Å². The largest absolute Gasteiger partial charge is 0.497 e. The molecule has 0 bridgehead atoms. The minimum absolute atomic E-state index is 0.207. The van der Waals surface area contributed by atoms with Crippen molar-refractivity contribution in [1.82, 2.24) is 5.32 Å². The van der Waals surface area contributed by atoms with E-state index in [1.54, 1.807) is 25.3 Å². The SMILES string of the molecule is COc1ccc(C=C2Sc3ccc(C(=O)NCc4ccccc4Cl)cc3NC2=O)cc1. The van der Waals surface area contributed by atoms with Crippen molar-refractivity contribution in [3.8, 4) is 5.75 Å². The van der Waals surface area contributed by atoms with Crippen molar-refractivity contribution in [2.75, 3.05) is 12.4 Å². The monoisotopic (exact) mass is 450 g/mol. The van der Waals surface area contributed by atoms with Gasteiger partial charge in [0.1, 0.15) is 5.75 Å². The Morgan fingerprint density at radius 3 is 2.65 bits per heavy atom. The summed E-state index contributed by atoms with van der Waals surface area (Å²) in [5, 5.41) is 6.34. The Kier molecular flexibility index (Phi) is 6.30. The van der Waals surface area contributed by atoms with Gasteiger partial charge in [-0.15, -0.1) is 0 Å². The zero-order valence-corrected chi connectivity index (χ0v) is 18.2. The number of amides is 2. The number of hydrogen-bond acceptors (Lipinski definition) is 4. The standard InChI is InChI=1S/C24H19ClN2O3S/c1-30-18-9-6-15(7-10-18)12-22-24(29)27-20-13-16(8-11-21(20)31-22)23(28)26-14-17-4-2-3-5-19(17)25/h2-13H,14H2,1H3,(H,26,28)(H,27,29). The van der Waals surface area contributed by atoms with Gasteiger partial charge in [0, 0.05) is 22.0 Å². The van der Waals surface area contributed by atoms with Gasteiger partial charge < -0.3 is 15.4 Å². The number of ether oxygens (including phenoxy) is 1. The molecule has 0 fully saturated rings. The van der Waals surface area contributed by atoms with Crippen LogP contribution in [0.15, 0.2) is 76.5 Å². The first-order chi connectivity index (χ1) is 15.0. The van der Waals surface area contributed by atoms with E-state index >= 15 is 0 Å². The van der Waals surface area contributed by atoms with E-state index in [1.165, 1.54) is 11.8 Å². The molecular weight excluding hydrogens is 432 g/mol. The minimum Gasteiger partial charge on any atom is -0.497 e. The number of rotatable bonds is 5. The lowest BCUT2D eigenvalue weighted by molar-refractivity contribution is -0.112. The Bertz CT molecular complexity index is 1180. The lowest BCUT2D eigenvalue weighted by atomic mass is 10.1. The maximum Gasteiger partial charge on any atom is 0.262 e. The Labute approximate surface area is 189 Å². The molecule has 2 N–H and O–H groups in total. The van der Waals surface area contributed by atoms with E-state index in [0.717, 1.165) is 21.8 Å². The van der Waals surface area contributed by atoms with Crippen molar-refractivity contribution in [3.63, 3.8) is 0 Å². The zero-order chi connectivity index (χ0) is 21.8. The fourth-order valence-corrected chi connectivity index (χ4v) is 4.21. The molecule has 1 aliphatic rings. The van der Waals surface area contributed by atoms with Crippen molar-refractivity contribution >= 4 is 46.9 Å². The fourth-order valence-electron chi connectivity index (χ4n) is 3.07. The third kappa shape index (κ3) is 4.93. The van der Waals surface area contributed by atoms with Crippen LogP contribution in [0.3, 0.4) is 0 Å². The molecule has 3 aromatic carbocycles. The average Bonchev–Trinajstić information content (AvgIpc) is 2.79. The first-order valence-electron chi connectivity index (χ1n) is 9.54. The van der Waals surface area contributed by atoms with Crippen LogP contribution >= 0.6 is 23.4 Å². The van der Waals surface area contributed by atoms with Crippen LogP contribution in [0.2, 0.25) is 5.02 Å². The van der Waals surface area contributed by atoms with Gasteiger partial charge in [0.25, 0.3) is 11.8 Å². The Balaban J connectivity index is 1.47. The molecule has 5 nitrogen and oxygen atoms in total. The molecule has 0 saturated heterocycles. The molecule has 0 saturated carbocycles. The number of carbonyl (C=O) groups is 2. The third-order valence-corrected chi connectivity index (χ3v) is 6.21. The van der Waals surface area contributed by atoms with Gasteiger partial charge in [0.15, 0.2) is 0 Å². The van der Waals surface area contributed by atoms with Crippen LogP contribution in [0.4, 0.5) is 5.69 Å². The average molecular weight is 451 g/mol. The molecular formula is C24H19ClN2O3S. The van der Waals surface area contributed by atoms with Crippen LogP contribution in [0.5, 0.6) is 5.75 Å². The Morgan fingerprint density at radius 2 is 1.90 bits per heavy atom. The Hall–Kier alpha value is -3.22. The van der Waals surface area contributed by atoms with Gasteiger partial charge in [0.2, 0.25) is 0 Å². The van der Waals surface area contributed by atoms with Crippen LogP contribution < -0.4 is 15.4 Å². The van der Waals surface area contributed by atoms with Crippen molar-refractivity contribution in [2.24, 2.45) is 0 Å². The van der Waals surface area contributed by atoms with E-state index in [1.807, 2.05) is 54.6 Å². The van der Waals surface area contributed by atoms with Crippen molar-refractivity contribution in [3.05, 3.63) is 93.3 Å². The molecule has 2 amide bonds. The highest BCUT2D eigenvalue weighted by molar-refractivity contribution is 8.04. The summed E-state index contributed by atoms with van der Waals surface area (Å²) in [5.74, 6) is 0.317. The van der Waals surface area contributed by atoms with E-state index in [4.69, 9.17) is 16.3 Å². The van der Waals surface area contributed by atoms with Crippen LogP contribution in [0.1, 0.15) is 21.5 Å². The Morgan fingerprint density at radius 1 is 1.13 bits per heavy atom. The topological polar surface area (TPSA) is 67.4 Å².